The molecular weight excluding hydrogens is 486 g/mol. The summed E-state index contributed by atoms with van der Waals surface area (Å²) in [5, 5.41) is 15.5. The maximum atomic E-state index is 14.1. The van der Waals surface area contributed by atoms with Crippen molar-refractivity contribution >= 4 is 40.9 Å². The van der Waals surface area contributed by atoms with Crippen molar-refractivity contribution in [2.24, 2.45) is 11.8 Å². The number of carbonyl (C=O) groups excluding carboxylic acids is 3. The summed E-state index contributed by atoms with van der Waals surface area (Å²) in [6.45, 7) is 6.42. The number of aryl methyl sites for hydroxylation is 2. The molecule has 3 heterocycles. The molecule has 37 heavy (non-hydrogen) atoms. The van der Waals surface area contributed by atoms with E-state index in [0.717, 1.165) is 23.2 Å². The van der Waals surface area contributed by atoms with E-state index in [4.69, 9.17) is 0 Å². The van der Waals surface area contributed by atoms with Gasteiger partial charge in [-0.1, -0.05) is 30.3 Å². The van der Waals surface area contributed by atoms with Crippen molar-refractivity contribution in [3.63, 3.8) is 0 Å². The van der Waals surface area contributed by atoms with E-state index in [1.807, 2.05) is 62.4 Å². The Kier molecular flexibility index (Phi) is 6.83. The van der Waals surface area contributed by atoms with Gasteiger partial charge in [0.05, 0.1) is 16.6 Å². The van der Waals surface area contributed by atoms with E-state index in [1.54, 1.807) is 16.7 Å². The molecular formula is C29H35N3O4S. The Hall–Kier alpha value is -2.84. The minimum atomic E-state index is -0.676. The van der Waals surface area contributed by atoms with Gasteiger partial charge >= 0.3 is 0 Å². The van der Waals surface area contributed by atoms with Gasteiger partial charge in [-0.25, -0.2) is 0 Å². The Balaban J connectivity index is 1.50. The van der Waals surface area contributed by atoms with Crippen molar-refractivity contribution in [1.82, 2.24) is 4.90 Å². The quantitative estimate of drug-likeness (QED) is 0.454. The lowest BCUT2D eigenvalue weighted by atomic mass is 9.66. The summed E-state index contributed by atoms with van der Waals surface area (Å²) in [7, 11) is 0. The fourth-order valence-electron chi connectivity index (χ4n) is 6.57. The Labute approximate surface area is 222 Å². The summed E-state index contributed by atoms with van der Waals surface area (Å²) in [5.74, 6) is -1.58. The highest BCUT2D eigenvalue weighted by molar-refractivity contribution is 8.02. The average molecular weight is 522 g/mol. The number of anilines is 2. The first kappa shape index (κ1) is 25.8. The number of hydrogen-bond donors (Lipinski definition) is 3. The van der Waals surface area contributed by atoms with Gasteiger partial charge in [0.15, 0.2) is 0 Å². The first-order chi connectivity index (χ1) is 17.7. The topological polar surface area (TPSA) is 98.7 Å². The van der Waals surface area contributed by atoms with E-state index in [2.05, 4.69) is 17.6 Å². The SMILES string of the molecule is Cc1ccc(C)c(NC(=O)C2N(CCCCO)C(=O)[C@@H]3[C@@H](C(=O)Nc4ccccc4)[C@@]4(C)CCC23S4)c1. The van der Waals surface area contributed by atoms with Crippen LogP contribution < -0.4 is 10.6 Å². The van der Waals surface area contributed by atoms with E-state index in [1.165, 1.54) is 0 Å². The van der Waals surface area contributed by atoms with Gasteiger partial charge in [-0.05, 0) is 75.8 Å². The average Bonchev–Trinajstić information content (AvgIpc) is 3.43. The first-order valence-electron chi connectivity index (χ1n) is 13.1. The lowest BCUT2D eigenvalue weighted by Crippen LogP contribution is -2.52. The van der Waals surface area contributed by atoms with Gasteiger partial charge in [-0.15, -0.1) is 11.8 Å². The molecule has 8 heteroatoms. The fourth-order valence-corrected chi connectivity index (χ4v) is 8.93. The smallest absolute Gasteiger partial charge is 0.248 e. The highest BCUT2D eigenvalue weighted by atomic mass is 32.2. The predicted octanol–water partition coefficient (Wildman–Crippen LogP) is 4.13. The van der Waals surface area contributed by atoms with E-state index in [9.17, 15) is 19.5 Å². The van der Waals surface area contributed by atoms with Gasteiger partial charge in [0, 0.05) is 29.3 Å². The third kappa shape index (κ3) is 4.34. The molecule has 2 aromatic rings. The van der Waals surface area contributed by atoms with Crippen molar-refractivity contribution in [1.29, 1.82) is 0 Å². The third-order valence-corrected chi connectivity index (χ3v) is 10.3. The molecule has 3 aliphatic rings. The second-order valence-corrected chi connectivity index (χ2v) is 12.7. The molecule has 7 nitrogen and oxygen atoms in total. The molecule has 2 bridgehead atoms. The van der Waals surface area contributed by atoms with Crippen LogP contribution in [0.1, 0.15) is 43.7 Å². The normalized spacial score (nSPS) is 29.9. The van der Waals surface area contributed by atoms with Gasteiger partial charge in [0.25, 0.3) is 0 Å². The zero-order valence-corrected chi connectivity index (χ0v) is 22.4. The van der Waals surface area contributed by atoms with Crippen LogP contribution >= 0.6 is 11.8 Å². The van der Waals surface area contributed by atoms with Crippen molar-refractivity contribution in [2.75, 3.05) is 23.8 Å². The summed E-state index contributed by atoms with van der Waals surface area (Å²) in [6, 6.07) is 14.6. The number of nitrogens with one attached hydrogen (secondary N) is 2. The summed E-state index contributed by atoms with van der Waals surface area (Å²) in [5.41, 5.74) is 3.45. The maximum Gasteiger partial charge on any atom is 0.248 e. The Morgan fingerprint density at radius 2 is 1.81 bits per heavy atom. The monoisotopic (exact) mass is 521 g/mol. The number of likely N-dealkylation sites (tertiary alicyclic amines) is 1. The zero-order valence-electron chi connectivity index (χ0n) is 21.6. The number of aliphatic hydroxyl groups is 1. The lowest BCUT2D eigenvalue weighted by Gasteiger charge is -2.35. The van der Waals surface area contributed by atoms with Crippen molar-refractivity contribution in [2.45, 2.75) is 62.0 Å². The Bertz CT molecular complexity index is 1220. The number of rotatable bonds is 8. The molecule has 1 spiro atoms. The number of nitrogens with zero attached hydrogens (tertiary/aromatic N) is 1. The summed E-state index contributed by atoms with van der Waals surface area (Å²) < 4.78 is -1.08. The predicted molar refractivity (Wildman–Crippen MR) is 146 cm³/mol. The van der Waals surface area contributed by atoms with E-state index >= 15 is 0 Å². The Morgan fingerprint density at radius 3 is 2.54 bits per heavy atom. The number of fused-ring (bicyclic) bond motifs is 1. The standard InChI is InChI=1S/C29H35N3O4S/c1-18-11-12-19(2)21(17-18)31-26(35)24-29-14-13-28(3,37-29)22(25(34)30-20-9-5-4-6-10-20)23(29)27(36)32(24)15-7-8-16-33/h4-6,9-12,17,22-24,33H,7-8,13-16H2,1-3H3,(H,30,34)(H,31,35)/t22-,23-,24?,28+,29?/m0/s1. The van der Waals surface area contributed by atoms with Crippen LogP contribution in [0.25, 0.3) is 0 Å². The molecule has 5 atom stereocenters. The van der Waals surface area contributed by atoms with Crippen LogP contribution in [0, 0.1) is 25.7 Å². The van der Waals surface area contributed by atoms with E-state index in [0.29, 0.717) is 31.5 Å². The van der Waals surface area contributed by atoms with Gasteiger partial charge in [-0.3, -0.25) is 14.4 Å². The molecule has 3 saturated heterocycles. The number of hydrogen-bond acceptors (Lipinski definition) is 5. The Morgan fingerprint density at radius 1 is 1.05 bits per heavy atom. The molecule has 5 rings (SSSR count). The summed E-state index contributed by atoms with van der Waals surface area (Å²) in [6.07, 6.45) is 2.63. The molecule has 3 N–H and O–H groups in total. The summed E-state index contributed by atoms with van der Waals surface area (Å²) in [4.78, 5) is 43.4. The number of para-hydroxylation sites is 1. The van der Waals surface area contributed by atoms with Crippen LogP contribution in [-0.2, 0) is 14.4 Å². The van der Waals surface area contributed by atoms with Crippen LogP contribution in [0.4, 0.5) is 11.4 Å². The molecule has 196 valence electrons. The van der Waals surface area contributed by atoms with E-state index in [-0.39, 0.29) is 24.3 Å². The molecule has 2 aromatic carbocycles. The number of carbonyl (C=O) groups is 3. The molecule has 3 aliphatic heterocycles. The third-order valence-electron chi connectivity index (χ3n) is 8.31. The van der Waals surface area contributed by atoms with Crippen molar-refractivity contribution in [3.8, 4) is 0 Å². The number of aliphatic hydroxyl groups excluding tert-OH is 1. The number of benzene rings is 2. The summed E-state index contributed by atoms with van der Waals surface area (Å²) >= 11 is 1.67. The van der Waals surface area contributed by atoms with Gasteiger partial charge in [0.1, 0.15) is 6.04 Å². The van der Waals surface area contributed by atoms with Gasteiger partial charge in [0.2, 0.25) is 17.7 Å². The van der Waals surface area contributed by atoms with Crippen LogP contribution in [0.3, 0.4) is 0 Å². The van der Waals surface area contributed by atoms with Crippen LogP contribution in [0.5, 0.6) is 0 Å². The van der Waals surface area contributed by atoms with Crippen LogP contribution in [0.2, 0.25) is 0 Å². The molecule has 0 aliphatic carbocycles. The second-order valence-electron chi connectivity index (χ2n) is 10.9. The van der Waals surface area contributed by atoms with Crippen LogP contribution in [0.15, 0.2) is 48.5 Å². The lowest BCUT2D eigenvalue weighted by molar-refractivity contribution is -0.139. The van der Waals surface area contributed by atoms with Gasteiger partial charge < -0.3 is 20.6 Å². The fraction of sp³-hybridized carbons (Fsp3) is 0.483. The second kappa shape index (κ2) is 9.80. The molecule has 3 amide bonds. The number of thioether (sulfide) groups is 1. The molecule has 3 fully saturated rings. The van der Waals surface area contributed by atoms with Crippen molar-refractivity contribution in [3.05, 3.63) is 59.7 Å². The largest absolute Gasteiger partial charge is 0.396 e. The minimum absolute atomic E-state index is 0.0326. The maximum absolute atomic E-state index is 14.1. The number of unbranched alkanes of at least 4 members (excludes halogenated alkanes) is 1. The van der Waals surface area contributed by atoms with Crippen molar-refractivity contribution < 1.29 is 19.5 Å². The molecule has 2 unspecified atom stereocenters. The highest BCUT2D eigenvalue weighted by Gasteiger charge is 2.77. The van der Waals surface area contributed by atoms with E-state index < -0.39 is 27.4 Å². The van der Waals surface area contributed by atoms with Gasteiger partial charge in [-0.2, -0.15) is 0 Å². The molecule has 0 radical (unpaired) electrons. The molecule has 0 aromatic heterocycles. The first-order valence-corrected chi connectivity index (χ1v) is 13.9. The minimum Gasteiger partial charge on any atom is -0.396 e. The molecule has 0 saturated carbocycles. The highest BCUT2D eigenvalue weighted by Crippen LogP contribution is 2.71. The number of amides is 3. The van der Waals surface area contributed by atoms with Crippen LogP contribution in [-0.4, -0.2) is 56.4 Å². The zero-order chi connectivity index (χ0) is 26.4.